The number of piperidine rings is 1. The normalized spacial score (nSPS) is 25.0. The molecule has 5 aliphatic heterocycles. The van der Waals surface area contributed by atoms with E-state index in [0.717, 1.165) is 26.6 Å². The van der Waals surface area contributed by atoms with E-state index in [1.54, 1.807) is 6.92 Å². The molecular weight excluding hydrogens is 819 g/mol. The Bertz CT molecular complexity index is 2360. The lowest BCUT2D eigenvalue weighted by Gasteiger charge is -2.42. The number of alkyl halides is 5. The molecule has 6 bridgehead atoms. The molecule has 61 heavy (non-hydrogen) atoms. The Morgan fingerprint density at radius 1 is 1.11 bits per heavy atom. The molecule has 2 amide bonds. The van der Waals surface area contributed by atoms with E-state index in [1.807, 2.05) is 4.90 Å². The van der Waals surface area contributed by atoms with Crippen LogP contribution in [-0.4, -0.2) is 133 Å². The maximum atomic E-state index is 17.5. The predicted molar refractivity (Wildman–Crippen MR) is 207 cm³/mol. The molecule has 0 spiro atoms. The fourth-order valence-electron chi connectivity index (χ4n) is 9.25. The van der Waals surface area contributed by atoms with Crippen molar-refractivity contribution in [2.75, 3.05) is 65.0 Å². The lowest BCUT2D eigenvalue weighted by Crippen LogP contribution is -2.60. The number of halogens is 7. The van der Waals surface area contributed by atoms with Crippen LogP contribution >= 0.6 is 0 Å². The van der Waals surface area contributed by atoms with Gasteiger partial charge in [-0.2, -0.15) is 23.1 Å². The maximum absolute atomic E-state index is 17.5. The molecule has 3 fully saturated rings. The molecule has 7 heterocycles. The van der Waals surface area contributed by atoms with Gasteiger partial charge in [0.05, 0.1) is 36.2 Å². The van der Waals surface area contributed by atoms with Crippen LogP contribution in [0.5, 0.6) is 11.8 Å². The van der Waals surface area contributed by atoms with Crippen molar-refractivity contribution in [2.24, 2.45) is 0 Å². The van der Waals surface area contributed by atoms with E-state index < -0.39 is 66.1 Å². The van der Waals surface area contributed by atoms with Gasteiger partial charge in [-0.15, -0.1) is 0 Å². The second-order valence-corrected chi connectivity index (χ2v) is 16.6. The van der Waals surface area contributed by atoms with Gasteiger partial charge in [-0.1, -0.05) is 6.07 Å². The number of ether oxygens (including phenoxy) is 4. The molecule has 2 aromatic carbocycles. The first-order chi connectivity index (χ1) is 29.0. The number of aromatic nitrogens is 3. The molecule has 5 aliphatic rings. The Kier molecular flexibility index (Phi) is 11.3. The number of anilines is 1. The molecule has 9 rings (SSSR count). The van der Waals surface area contributed by atoms with Crippen molar-refractivity contribution in [2.45, 2.75) is 81.2 Å². The Hall–Kier alpha value is -5.24. The molecule has 13 nitrogen and oxygen atoms in total. The highest BCUT2D eigenvalue weighted by molar-refractivity contribution is 6.02. The average Bonchev–Trinajstić information content (AvgIpc) is 3.72. The highest BCUT2D eigenvalue weighted by Gasteiger charge is 2.50. The number of carbonyl (C=O) groups is 2. The topological polar surface area (TPSA) is 131 Å². The summed E-state index contributed by atoms with van der Waals surface area (Å²) >= 11 is 0. The second-order valence-electron chi connectivity index (χ2n) is 16.6. The Balaban J connectivity index is 1.28. The van der Waals surface area contributed by atoms with Crippen LogP contribution in [0.1, 0.15) is 44.6 Å². The summed E-state index contributed by atoms with van der Waals surface area (Å²) in [4.78, 5) is 44.1. The number of nitrogens with zero attached hydrogens (tertiary/aromatic N) is 6. The summed E-state index contributed by atoms with van der Waals surface area (Å²) in [7, 11) is 1.94. The van der Waals surface area contributed by atoms with E-state index in [-0.39, 0.29) is 115 Å². The summed E-state index contributed by atoms with van der Waals surface area (Å²) < 4.78 is 126. The molecule has 0 radical (unpaired) electrons. The molecular formula is C41H44F7N7O6. The number of nitrogens with one attached hydrogen (secondary N) is 1. The zero-order valence-electron chi connectivity index (χ0n) is 33.6. The number of hydrogen-bond acceptors (Lipinski definition) is 11. The Morgan fingerprint density at radius 3 is 2.67 bits per heavy atom. The minimum atomic E-state index is -4.79. The quantitative estimate of drug-likeness (QED) is 0.192. The molecule has 5 atom stereocenters. The fraction of sp³-hybridized carbons (Fsp3) is 0.537. The van der Waals surface area contributed by atoms with Crippen LogP contribution in [0, 0.1) is 11.6 Å². The summed E-state index contributed by atoms with van der Waals surface area (Å²) in [5.41, 5.74) is -2.50. The molecule has 0 unspecified atom stereocenters. The monoisotopic (exact) mass is 863 g/mol. The third kappa shape index (κ3) is 8.39. The molecule has 3 saturated heterocycles. The summed E-state index contributed by atoms with van der Waals surface area (Å²) in [6, 6.07) is 4.79. The number of amides is 2. The van der Waals surface area contributed by atoms with Crippen LogP contribution in [0.2, 0.25) is 0 Å². The van der Waals surface area contributed by atoms with E-state index in [1.165, 1.54) is 29.3 Å². The number of methoxy groups -OCH3 is 1. The van der Waals surface area contributed by atoms with Gasteiger partial charge in [0.15, 0.2) is 11.9 Å². The van der Waals surface area contributed by atoms with E-state index in [4.69, 9.17) is 14.2 Å². The molecule has 4 aromatic rings. The highest BCUT2D eigenvalue weighted by Crippen LogP contribution is 2.43. The number of alkyl carbamates (subject to hydrolysis) is 1. The van der Waals surface area contributed by atoms with Gasteiger partial charge in [0.25, 0.3) is 0 Å². The number of rotatable bonds is 7. The van der Waals surface area contributed by atoms with Crippen molar-refractivity contribution >= 4 is 39.7 Å². The number of pyridine rings is 1. The molecule has 0 saturated carbocycles. The lowest BCUT2D eigenvalue weighted by molar-refractivity contribution is -0.214. The highest BCUT2D eigenvalue weighted by atomic mass is 19.4. The number of fused-ring (bicyclic) bond motifs is 7. The fourth-order valence-corrected chi connectivity index (χ4v) is 9.25. The first kappa shape index (κ1) is 42.5. The van der Waals surface area contributed by atoms with E-state index >= 15 is 13.2 Å². The summed E-state index contributed by atoms with van der Waals surface area (Å²) in [5, 5.41) is 3.21. The van der Waals surface area contributed by atoms with Crippen molar-refractivity contribution < 1.29 is 59.3 Å². The van der Waals surface area contributed by atoms with Crippen LogP contribution in [0.4, 0.5) is 46.1 Å². The van der Waals surface area contributed by atoms with Crippen molar-refractivity contribution in [3.63, 3.8) is 0 Å². The minimum absolute atomic E-state index is 0.00588. The van der Waals surface area contributed by atoms with Gasteiger partial charge >= 0.3 is 24.4 Å². The maximum Gasteiger partial charge on any atom is 0.416 e. The largest absolute Gasteiger partial charge is 0.461 e. The first-order valence-corrected chi connectivity index (χ1v) is 20.0. The molecule has 0 aliphatic carbocycles. The third-order valence-corrected chi connectivity index (χ3v) is 12.0. The SMILES string of the molecule is CO[C@@H](CN(C)C(=O)Oc1cc2c3c(c(F)ccc3c1)CCCOC(=O)N[C@]1(C)C[C@@H](F)CN(C1)c1nc(OC[C@@]34CCCN3C[C@H](F)C4)nc3c(F)c-2ncc13)C(F)(F)F. The zero-order valence-corrected chi connectivity index (χ0v) is 33.6. The first-order valence-electron chi connectivity index (χ1n) is 20.0. The van der Waals surface area contributed by atoms with Crippen molar-refractivity contribution in [1.82, 2.24) is 30.1 Å². The summed E-state index contributed by atoms with van der Waals surface area (Å²) in [5.74, 6) is -1.91. The van der Waals surface area contributed by atoms with E-state index in [2.05, 4.69) is 25.0 Å². The van der Waals surface area contributed by atoms with Crippen molar-refractivity contribution in [3.8, 4) is 23.0 Å². The number of likely N-dealkylation sites (N-methyl/N-ethyl adjacent to an activating group) is 1. The minimum Gasteiger partial charge on any atom is -0.461 e. The van der Waals surface area contributed by atoms with Gasteiger partial charge in [0.2, 0.25) is 0 Å². The lowest BCUT2D eigenvalue weighted by atomic mass is 9.90. The molecule has 2 aromatic heterocycles. The average molecular weight is 864 g/mol. The van der Waals surface area contributed by atoms with Crippen LogP contribution < -0.4 is 19.7 Å². The molecule has 20 heteroatoms. The summed E-state index contributed by atoms with van der Waals surface area (Å²) in [6.45, 7) is 1.27. The van der Waals surface area contributed by atoms with Crippen molar-refractivity contribution in [3.05, 3.63) is 47.7 Å². The van der Waals surface area contributed by atoms with E-state index in [0.29, 0.717) is 17.9 Å². The third-order valence-electron chi connectivity index (χ3n) is 12.0. The number of carbonyl (C=O) groups excluding carboxylic acids is 2. The van der Waals surface area contributed by atoms with Gasteiger partial charge in [-0.25, -0.2) is 27.2 Å². The Morgan fingerprint density at radius 2 is 1.90 bits per heavy atom. The van der Waals surface area contributed by atoms with E-state index in [9.17, 15) is 27.2 Å². The second kappa shape index (κ2) is 16.2. The standard InChI is InChI=1S/C41H44F7N7O6/c1-39-14-23(42)17-54(20-39)35-28-16-49-33(32(45)34(28)50-36(51-35)60-21-40-9-5-10-55(40)18-24(43)15-40)27-13-25(61-38(57)53(2)19-30(58-3)41(46,47)48)12-22-7-8-29(44)26(31(22)27)6-4-11-59-37(56)52-39/h7-8,12-13,16,23-24,30H,4-6,9-11,14-15,17-21H2,1-3H3,(H,52,56)/t23-,24-,30+,39-,40+/m1/s1. The number of aryl methyl sites for hydroxylation is 1. The summed E-state index contributed by atoms with van der Waals surface area (Å²) in [6.07, 6.45) is -8.71. The van der Waals surface area contributed by atoms with Gasteiger partial charge in [-0.05, 0) is 73.7 Å². The number of benzene rings is 2. The molecule has 1 N–H and O–H groups in total. The van der Waals surface area contributed by atoms with Gasteiger partial charge in [0.1, 0.15) is 47.5 Å². The van der Waals surface area contributed by atoms with Crippen LogP contribution in [0.3, 0.4) is 0 Å². The van der Waals surface area contributed by atoms with Gasteiger partial charge in [-0.3, -0.25) is 9.88 Å². The van der Waals surface area contributed by atoms with Crippen LogP contribution in [0.25, 0.3) is 32.9 Å². The zero-order chi connectivity index (χ0) is 43.4. The smallest absolute Gasteiger partial charge is 0.416 e. The number of hydrogen-bond donors (Lipinski definition) is 1. The van der Waals surface area contributed by atoms with Crippen molar-refractivity contribution in [1.29, 1.82) is 0 Å². The van der Waals surface area contributed by atoms with Gasteiger partial charge in [0, 0.05) is 51.8 Å². The molecule has 328 valence electrons. The van der Waals surface area contributed by atoms with Crippen LogP contribution in [0.15, 0.2) is 30.5 Å². The predicted octanol–water partition coefficient (Wildman–Crippen LogP) is 7.07. The van der Waals surface area contributed by atoms with Gasteiger partial charge < -0.3 is 34.1 Å². The van der Waals surface area contributed by atoms with Crippen LogP contribution in [-0.2, 0) is 15.9 Å². The Labute approximate surface area is 345 Å².